The topological polar surface area (TPSA) is 76.1 Å². The molecule has 0 saturated heterocycles. The van der Waals surface area contributed by atoms with Crippen LogP contribution in [-0.2, 0) is 11.4 Å². The van der Waals surface area contributed by atoms with Crippen LogP contribution in [0.25, 0.3) is 0 Å². The minimum absolute atomic E-state index is 0.0869. The lowest BCUT2D eigenvalue weighted by molar-refractivity contribution is -0.118. The van der Waals surface area contributed by atoms with Crippen molar-refractivity contribution in [2.24, 2.45) is 5.92 Å². The number of hydrogen-bond donors (Lipinski definition) is 2. The second-order valence-electron chi connectivity index (χ2n) is 6.37. The number of nitrogens with one attached hydrogen (secondary N) is 2. The molecule has 0 aliphatic heterocycles. The molecule has 2 aromatic carbocycles. The number of ether oxygens (including phenoxy) is 1. The summed E-state index contributed by atoms with van der Waals surface area (Å²) >= 11 is 0. The number of benzene rings is 2. The zero-order chi connectivity index (χ0) is 19.1. The van der Waals surface area contributed by atoms with Crippen molar-refractivity contribution in [2.45, 2.75) is 20.5 Å². The highest BCUT2D eigenvalue weighted by Crippen LogP contribution is 2.20. The third-order valence-electron chi connectivity index (χ3n) is 3.82. The molecule has 0 aliphatic rings. The summed E-state index contributed by atoms with van der Waals surface area (Å²) in [7, 11) is 0. The molecule has 0 atom stereocenters. The van der Waals surface area contributed by atoms with E-state index in [0.29, 0.717) is 18.2 Å². The number of carbonyl (C=O) groups is 1. The van der Waals surface area contributed by atoms with E-state index in [1.807, 2.05) is 68.4 Å². The Bertz CT molecular complexity index is 863. The van der Waals surface area contributed by atoms with Crippen LogP contribution in [0.4, 0.5) is 17.3 Å². The molecule has 0 fully saturated rings. The highest BCUT2D eigenvalue weighted by molar-refractivity contribution is 5.91. The number of amides is 1. The lowest BCUT2D eigenvalue weighted by Crippen LogP contribution is -2.18. The number of carbonyl (C=O) groups excluding carboxylic acids is 1. The molecule has 6 nitrogen and oxygen atoms in total. The first-order valence-corrected chi connectivity index (χ1v) is 8.78. The van der Waals surface area contributed by atoms with E-state index in [0.717, 1.165) is 17.0 Å². The third kappa shape index (κ3) is 5.54. The van der Waals surface area contributed by atoms with Gasteiger partial charge in [-0.2, -0.15) is 0 Å². The Hall–Kier alpha value is -3.41. The predicted octanol–water partition coefficient (Wildman–Crippen LogP) is 4.39. The van der Waals surface area contributed by atoms with Crippen molar-refractivity contribution in [3.05, 3.63) is 72.3 Å². The van der Waals surface area contributed by atoms with Gasteiger partial charge < -0.3 is 15.4 Å². The van der Waals surface area contributed by atoms with Gasteiger partial charge >= 0.3 is 0 Å². The van der Waals surface area contributed by atoms with Crippen LogP contribution >= 0.6 is 0 Å². The zero-order valence-corrected chi connectivity index (χ0v) is 15.3. The monoisotopic (exact) mass is 362 g/mol. The molecule has 6 heteroatoms. The van der Waals surface area contributed by atoms with Gasteiger partial charge in [-0.05, 0) is 42.0 Å². The fraction of sp³-hybridized carbons (Fsp3) is 0.190. The first kappa shape index (κ1) is 18.4. The molecule has 3 rings (SSSR count). The highest BCUT2D eigenvalue weighted by Gasteiger charge is 2.08. The maximum Gasteiger partial charge on any atom is 0.228 e. The fourth-order valence-electron chi connectivity index (χ4n) is 2.26. The molecule has 0 bridgehead atoms. The van der Waals surface area contributed by atoms with E-state index < -0.39 is 0 Å². The van der Waals surface area contributed by atoms with Crippen LogP contribution in [-0.4, -0.2) is 16.1 Å². The van der Waals surface area contributed by atoms with Gasteiger partial charge in [0.2, 0.25) is 5.91 Å². The standard InChI is InChI=1S/C21H22N4O2/c1-15(2)21(26)23-20-13-12-19(24-25-20)22-17-8-10-18(11-9-17)27-14-16-6-4-3-5-7-16/h3-13,15H,14H2,1-2H3,(H,22,24)(H,23,25,26). The van der Waals surface area contributed by atoms with Gasteiger partial charge in [0.15, 0.2) is 11.6 Å². The van der Waals surface area contributed by atoms with Gasteiger partial charge in [0, 0.05) is 11.6 Å². The van der Waals surface area contributed by atoms with Crippen LogP contribution in [0.3, 0.4) is 0 Å². The molecule has 1 aromatic heterocycles. The fourth-order valence-corrected chi connectivity index (χ4v) is 2.26. The number of rotatable bonds is 7. The van der Waals surface area contributed by atoms with Crippen molar-refractivity contribution >= 4 is 23.2 Å². The van der Waals surface area contributed by atoms with Crippen LogP contribution in [0.1, 0.15) is 19.4 Å². The van der Waals surface area contributed by atoms with E-state index in [9.17, 15) is 4.79 Å². The van der Waals surface area contributed by atoms with Crippen molar-refractivity contribution in [1.29, 1.82) is 0 Å². The van der Waals surface area contributed by atoms with E-state index in [1.54, 1.807) is 12.1 Å². The molecule has 0 aliphatic carbocycles. The van der Waals surface area contributed by atoms with Gasteiger partial charge in [-0.15, -0.1) is 10.2 Å². The van der Waals surface area contributed by atoms with E-state index in [-0.39, 0.29) is 11.8 Å². The first-order chi connectivity index (χ1) is 13.1. The number of hydrogen-bond acceptors (Lipinski definition) is 5. The summed E-state index contributed by atoms with van der Waals surface area (Å²) in [5.41, 5.74) is 2.00. The second-order valence-corrected chi connectivity index (χ2v) is 6.37. The molecular formula is C21H22N4O2. The Morgan fingerprint density at radius 1 is 0.926 bits per heavy atom. The number of nitrogens with zero attached hydrogens (tertiary/aromatic N) is 2. The highest BCUT2D eigenvalue weighted by atomic mass is 16.5. The second kappa shape index (κ2) is 8.80. The Morgan fingerprint density at radius 2 is 1.59 bits per heavy atom. The average molecular weight is 362 g/mol. The molecule has 27 heavy (non-hydrogen) atoms. The number of anilines is 3. The molecule has 0 spiro atoms. The van der Waals surface area contributed by atoms with Gasteiger partial charge in [0.1, 0.15) is 12.4 Å². The summed E-state index contributed by atoms with van der Waals surface area (Å²) in [5, 5.41) is 14.0. The summed E-state index contributed by atoms with van der Waals surface area (Å²) in [6, 6.07) is 21.1. The first-order valence-electron chi connectivity index (χ1n) is 8.78. The molecular weight excluding hydrogens is 340 g/mol. The van der Waals surface area contributed by atoms with E-state index in [1.165, 1.54) is 0 Å². The maximum atomic E-state index is 11.7. The Balaban J connectivity index is 1.54. The summed E-state index contributed by atoms with van der Waals surface area (Å²) < 4.78 is 5.77. The van der Waals surface area contributed by atoms with Crippen molar-refractivity contribution in [2.75, 3.05) is 10.6 Å². The van der Waals surface area contributed by atoms with E-state index in [4.69, 9.17) is 4.74 Å². The molecule has 1 amide bonds. The van der Waals surface area contributed by atoms with Gasteiger partial charge in [0.25, 0.3) is 0 Å². The van der Waals surface area contributed by atoms with Crippen molar-refractivity contribution in [3.63, 3.8) is 0 Å². The van der Waals surface area contributed by atoms with Crippen molar-refractivity contribution in [3.8, 4) is 5.75 Å². The lowest BCUT2D eigenvalue weighted by Gasteiger charge is -2.09. The van der Waals surface area contributed by atoms with Gasteiger partial charge in [-0.25, -0.2) is 0 Å². The normalized spacial score (nSPS) is 10.5. The van der Waals surface area contributed by atoms with Gasteiger partial charge in [-0.3, -0.25) is 4.79 Å². The smallest absolute Gasteiger partial charge is 0.228 e. The molecule has 2 N–H and O–H groups in total. The lowest BCUT2D eigenvalue weighted by atomic mass is 10.2. The third-order valence-corrected chi connectivity index (χ3v) is 3.82. The zero-order valence-electron chi connectivity index (χ0n) is 15.3. The number of aromatic nitrogens is 2. The van der Waals surface area contributed by atoms with Crippen LogP contribution in [0.2, 0.25) is 0 Å². The Kier molecular flexibility index (Phi) is 5.99. The maximum absolute atomic E-state index is 11.7. The van der Waals surface area contributed by atoms with E-state index >= 15 is 0 Å². The molecule has 3 aromatic rings. The Labute approximate surface area is 158 Å². The van der Waals surface area contributed by atoms with Gasteiger partial charge in [-0.1, -0.05) is 44.2 Å². The molecule has 0 unspecified atom stereocenters. The minimum atomic E-state index is -0.104. The van der Waals surface area contributed by atoms with Crippen molar-refractivity contribution in [1.82, 2.24) is 10.2 Å². The quantitative estimate of drug-likeness (QED) is 0.652. The molecule has 0 radical (unpaired) electrons. The van der Waals surface area contributed by atoms with Crippen LogP contribution in [0, 0.1) is 5.92 Å². The minimum Gasteiger partial charge on any atom is -0.489 e. The molecule has 1 heterocycles. The SMILES string of the molecule is CC(C)C(=O)Nc1ccc(Nc2ccc(OCc3ccccc3)cc2)nn1. The largest absolute Gasteiger partial charge is 0.489 e. The van der Waals surface area contributed by atoms with Gasteiger partial charge in [0.05, 0.1) is 0 Å². The van der Waals surface area contributed by atoms with Crippen LogP contribution < -0.4 is 15.4 Å². The molecule has 138 valence electrons. The summed E-state index contributed by atoms with van der Waals surface area (Å²) in [4.78, 5) is 11.7. The van der Waals surface area contributed by atoms with Crippen molar-refractivity contribution < 1.29 is 9.53 Å². The summed E-state index contributed by atoms with van der Waals surface area (Å²) in [6.07, 6.45) is 0. The average Bonchev–Trinajstić information content (AvgIpc) is 2.69. The summed E-state index contributed by atoms with van der Waals surface area (Å²) in [6.45, 7) is 4.18. The van der Waals surface area contributed by atoms with Crippen LogP contribution in [0.15, 0.2) is 66.7 Å². The predicted molar refractivity (Wildman–Crippen MR) is 106 cm³/mol. The molecule has 0 saturated carbocycles. The Morgan fingerprint density at radius 3 is 2.22 bits per heavy atom. The van der Waals surface area contributed by atoms with Crippen LogP contribution in [0.5, 0.6) is 5.75 Å². The van der Waals surface area contributed by atoms with E-state index in [2.05, 4.69) is 20.8 Å². The summed E-state index contributed by atoms with van der Waals surface area (Å²) in [5.74, 6) is 1.63.